The Labute approximate surface area is 114 Å². The van der Waals surface area contributed by atoms with Gasteiger partial charge in [0.2, 0.25) is 0 Å². The van der Waals surface area contributed by atoms with Crippen LogP contribution < -0.4 is 0 Å². The summed E-state index contributed by atoms with van der Waals surface area (Å²) >= 11 is 10.4. The second-order valence-corrected chi connectivity index (χ2v) is 6.07. The van der Waals surface area contributed by atoms with E-state index in [0.29, 0.717) is 5.56 Å². The highest BCUT2D eigenvalue weighted by Crippen LogP contribution is 2.33. The van der Waals surface area contributed by atoms with Crippen molar-refractivity contribution in [2.75, 3.05) is 0 Å². The van der Waals surface area contributed by atoms with E-state index in [1.54, 1.807) is 11.4 Å². The summed E-state index contributed by atoms with van der Waals surface area (Å²) in [5.41, 5.74) is 0.727. The molecule has 1 N–H and O–H groups in total. The Kier molecular flexibility index (Phi) is 3.82. The van der Waals surface area contributed by atoms with Crippen LogP contribution in [0.25, 0.3) is 0 Å². The number of benzene rings is 1. The summed E-state index contributed by atoms with van der Waals surface area (Å²) in [5, 5.41) is 11.7. The van der Waals surface area contributed by atoms with E-state index in [2.05, 4.69) is 15.9 Å². The third-order valence-corrected chi connectivity index (χ3v) is 4.09. The van der Waals surface area contributed by atoms with Crippen LogP contribution in [-0.2, 0) is 0 Å². The fraction of sp³-hybridized carbons (Fsp3) is 0.0909. The maximum absolute atomic E-state index is 13.1. The zero-order chi connectivity index (χ0) is 12.6. The summed E-state index contributed by atoms with van der Waals surface area (Å²) in [6.07, 6.45) is -1.07. The predicted molar refractivity (Wildman–Crippen MR) is 67.4 cm³/mol. The first-order valence-electron chi connectivity index (χ1n) is 4.55. The van der Waals surface area contributed by atoms with Crippen molar-refractivity contribution < 1.29 is 13.9 Å². The Morgan fingerprint density at radius 1 is 1.24 bits per heavy atom. The second-order valence-electron chi connectivity index (χ2n) is 3.37. The smallest absolute Gasteiger partial charge is 0.160 e. The molecule has 1 aromatic carbocycles. The lowest BCUT2D eigenvalue weighted by Crippen LogP contribution is -2.01. The number of aliphatic hydroxyl groups excluding tert-OH is 1. The van der Waals surface area contributed by atoms with Gasteiger partial charge in [0.05, 0.1) is 3.79 Å². The Morgan fingerprint density at radius 2 is 1.88 bits per heavy atom. The molecule has 1 heterocycles. The SMILES string of the molecule is OC(c1csc(Br)c1)c1cc(F)c(F)cc1Cl. The molecule has 1 atom stereocenters. The molecule has 0 saturated heterocycles. The van der Waals surface area contributed by atoms with E-state index in [4.69, 9.17) is 11.6 Å². The molecule has 0 amide bonds. The maximum Gasteiger partial charge on any atom is 0.160 e. The molecule has 1 unspecified atom stereocenters. The molecule has 0 spiro atoms. The minimum absolute atomic E-state index is 0.00118. The van der Waals surface area contributed by atoms with Crippen LogP contribution in [0.5, 0.6) is 0 Å². The largest absolute Gasteiger partial charge is 0.384 e. The van der Waals surface area contributed by atoms with Crippen molar-refractivity contribution in [2.45, 2.75) is 6.10 Å². The van der Waals surface area contributed by atoms with Gasteiger partial charge >= 0.3 is 0 Å². The molecular weight excluding hydrogens is 334 g/mol. The van der Waals surface area contributed by atoms with Crippen LogP contribution in [0.2, 0.25) is 5.02 Å². The van der Waals surface area contributed by atoms with Gasteiger partial charge in [-0.25, -0.2) is 8.78 Å². The highest BCUT2D eigenvalue weighted by Gasteiger charge is 2.18. The molecule has 6 heteroatoms. The van der Waals surface area contributed by atoms with Gasteiger partial charge in [-0.1, -0.05) is 11.6 Å². The first-order valence-corrected chi connectivity index (χ1v) is 6.60. The lowest BCUT2D eigenvalue weighted by atomic mass is 10.0. The third-order valence-electron chi connectivity index (χ3n) is 2.24. The lowest BCUT2D eigenvalue weighted by molar-refractivity contribution is 0.220. The van der Waals surface area contributed by atoms with Crippen molar-refractivity contribution in [3.63, 3.8) is 0 Å². The van der Waals surface area contributed by atoms with E-state index in [0.717, 1.165) is 15.9 Å². The quantitative estimate of drug-likeness (QED) is 0.797. The zero-order valence-electron chi connectivity index (χ0n) is 8.25. The number of rotatable bonds is 2. The zero-order valence-corrected chi connectivity index (χ0v) is 11.4. The fourth-order valence-electron chi connectivity index (χ4n) is 1.39. The van der Waals surface area contributed by atoms with E-state index < -0.39 is 17.7 Å². The van der Waals surface area contributed by atoms with Crippen molar-refractivity contribution >= 4 is 38.9 Å². The van der Waals surface area contributed by atoms with Gasteiger partial charge in [0, 0.05) is 10.6 Å². The minimum atomic E-state index is -1.07. The molecule has 0 radical (unpaired) electrons. The number of aliphatic hydroxyl groups is 1. The number of halogens is 4. The summed E-state index contributed by atoms with van der Waals surface area (Å²) in [5.74, 6) is -2.06. The van der Waals surface area contributed by atoms with Crippen molar-refractivity contribution in [2.24, 2.45) is 0 Å². The fourth-order valence-corrected chi connectivity index (χ4v) is 2.84. The van der Waals surface area contributed by atoms with Crippen LogP contribution in [0, 0.1) is 11.6 Å². The van der Waals surface area contributed by atoms with Gasteiger partial charge in [0.25, 0.3) is 0 Å². The maximum atomic E-state index is 13.1. The van der Waals surface area contributed by atoms with E-state index in [-0.39, 0.29) is 10.6 Å². The molecule has 0 aliphatic rings. The minimum Gasteiger partial charge on any atom is -0.384 e. The van der Waals surface area contributed by atoms with Gasteiger partial charge < -0.3 is 5.11 Å². The number of thiophene rings is 1. The average molecular weight is 340 g/mol. The molecule has 0 bridgehead atoms. The van der Waals surface area contributed by atoms with E-state index in [1.165, 1.54) is 11.3 Å². The Morgan fingerprint density at radius 3 is 2.47 bits per heavy atom. The van der Waals surface area contributed by atoms with Crippen LogP contribution in [0.4, 0.5) is 8.78 Å². The Hall–Kier alpha value is -0.490. The Bertz CT molecular complexity index is 558. The van der Waals surface area contributed by atoms with Crippen molar-refractivity contribution in [3.8, 4) is 0 Å². The van der Waals surface area contributed by atoms with Crippen molar-refractivity contribution in [1.82, 2.24) is 0 Å². The highest BCUT2D eigenvalue weighted by atomic mass is 79.9. The summed E-state index contributed by atoms with van der Waals surface area (Å²) in [6.45, 7) is 0. The molecule has 0 fully saturated rings. The monoisotopic (exact) mass is 338 g/mol. The lowest BCUT2D eigenvalue weighted by Gasteiger charge is -2.11. The summed E-state index contributed by atoms with van der Waals surface area (Å²) in [6, 6.07) is 3.47. The molecule has 2 rings (SSSR count). The van der Waals surface area contributed by atoms with Crippen LogP contribution >= 0.6 is 38.9 Å². The molecular formula is C11H6BrClF2OS. The first kappa shape index (κ1) is 13.0. The summed E-state index contributed by atoms with van der Waals surface area (Å²) in [4.78, 5) is 0. The average Bonchev–Trinajstić information content (AvgIpc) is 2.69. The van der Waals surface area contributed by atoms with Gasteiger partial charge in [-0.3, -0.25) is 0 Å². The van der Waals surface area contributed by atoms with E-state index in [9.17, 15) is 13.9 Å². The summed E-state index contributed by atoms with van der Waals surface area (Å²) < 4.78 is 26.8. The molecule has 1 nitrogen and oxygen atoms in total. The van der Waals surface area contributed by atoms with Gasteiger partial charge in [0.1, 0.15) is 6.10 Å². The van der Waals surface area contributed by atoms with Crippen LogP contribution in [0.15, 0.2) is 27.4 Å². The van der Waals surface area contributed by atoms with Gasteiger partial charge in [-0.05, 0) is 45.1 Å². The van der Waals surface area contributed by atoms with E-state index >= 15 is 0 Å². The first-order chi connectivity index (χ1) is 7.99. The third kappa shape index (κ3) is 2.68. The second kappa shape index (κ2) is 5.02. The normalized spacial score (nSPS) is 12.8. The van der Waals surface area contributed by atoms with Crippen molar-refractivity contribution in [1.29, 1.82) is 0 Å². The molecule has 1 aromatic heterocycles. The Balaban J connectivity index is 2.43. The molecule has 0 aliphatic carbocycles. The van der Waals surface area contributed by atoms with Crippen LogP contribution in [-0.4, -0.2) is 5.11 Å². The molecule has 2 aromatic rings. The van der Waals surface area contributed by atoms with Crippen LogP contribution in [0.3, 0.4) is 0 Å². The molecule has 0 aliphatic heterocycles. The molecule has 17 heavy (non-hydrogen) atoms. The molecule has 90 valence electrons. The van der Waals surface area contributed by atoms with Gasteiger partial charge in [-0.15, -0.1) is 11.3 Å². The topological polar surface area (TPSA) is 20.2 Å². The standard InChI is InChI=1S/C11H6BrClF2OS/c12-10-1-5(4-17-10)11(16)6-2-8(14)9(15)3-7(6)13/h1-4,11,16H. The number of hydrogen-bond donors (Lipinski definition) is 1. The number of hydrogen-bond acceptors (Lipinski definition) is 2. The predicted octanol–water partition coefficient (Wildman–Crippen LogP) is 4.52. The molecule has 0 saturated carbocycles. The highest BCUT2D eigenvalue weighted by molar-refractivity contribution is 9.11. The van der Waals surface area contributed by atoms with Crippen LogP contribution in [0.1, 0.15) is 17.2 Å². The van der Waals surface area contributed by atoms with Crippen molar-refractivity contribution in [3.05, 3.63) is 55.1 Å². The van der Waals surface area contributed by atoms with E-state index in [1.807, 2.05) is 0 Å². The summed E-state index contributed by atoms with van der Waals surface area (Å²) in [7, 11) is 0. The van der Waals surface area contributed by atoms with Gasteiger partial charge in [0.15, 0.2) is 11.6 Å². The van der Waals surface area contributed by atoms with Gasteiger partial charge in [-0.2, -0.15) is 0 Å².